The topological polar surface area (TPSA) is 77.9 Å². The average molecular weight is 399 g/mol. The molecule has 2 amide bonds. The van der Waals surface area contributed by atoms with Crippen molar-refractivity contribution in [2.24, 2.45) is 5.92 Å². The summed E-state index contributed by atoms with van der Waals surface area (Å²) >= 11 is 0. The molecule has 4 rings (SSSR count). The number of rotatable bonds is 6. The summed E-state index contributed by atoms with van der Waals surface area (Å²) in [5.74, 6) is -0.650. The van der Waals surface area contributed by atoms with Crippen molar-refractivity contribution >= 4 is 17.8 Å². The van der Waals surface area contributed by atoms with Gasteiger partial charge in [0, 0.05) is 19.0 Å². The molecule has 1 N–H and O–H groups in total. The van der Waals surface area contributed by atoms with Crippen LogP contribution >= 0.6 is 0 Å². The first-order valence-electron chi connectivity index (χ1n) is 10.9. The van der Waals surface area contributed by atoms with Gasteiger partial charge in [0.25, 0.3) is 0 Å². The highest BCUT2D eigenvalue weighted by Crippen LogP contribution is 2.42. The van der Waals surface area contributed by atoms with E-state index in [1.54, 1.807) is 0 Å². The first-order valence-corrected chi connectivity index (χ1v) is 10.9. The highest BCUT2D eigenvalue weighted by Gasteiger charge is 2.50. The van der Waals surface area contributed by atoms with Crippen LogP contribution in [0.1, 0.15) is 56.9 Å². The monoisotopic (exact) mass is 398 g/mol. The third-order valence-electron chi connectivity index (χ3n) is 6.93. The molecular weight excluding hydrogens is 368 g/mol. The van der Waals surface area contributed by atoms with Gasteiger partial charge in [-0.1, -0.05) is 36.8 Å². The standard InChI is InChI=1S/C23H30N2O4/c26-21(13-4-9-16-7-2-1-3-8-16)25-18-11-5-10-17(18)15-20(25)22(27)24-14-6-12-19(24)23(28)29/h1-3,7-8,17-20H,4-6,9-15H2,(H,28,29)/t17-,18-,19-,20-/m0/s1. The second-order valence-corrected chi connectivity index (χ2v) is 8.68. The number of hydrogen-bond donors (Lipinski definition) is 1. The number of benzene rings is 1. The van der Waals surface area contributed by atoms with Gasteiger partial charge in [-0.25, -0.2) is 4.79 Å². The van der Waals surface area contributed by atoms with Crippen LogP contribution < -0.4 is 0 Å². The maximum atomic E-state index is 13.3. The Bertz CT molecular complexity index is 765. The maximum Gasteiger partial charge on any atom is 0.326 e. The van der Waals surface area contributed by atoms with Crippen molar-refractivity contribution in [2.45, 2.75) is 75.9 Å². The molecule has 3 aliphatic rings. The van der Waals surface area contributed by atoms with Crippen LogP contribution in [0.3, 0.4) is 0 Å². The Kier molecular flexibility index (Phi) is 5.88. The Morgan fingerprint density at radius 3 is 2.55 bits per heavy atom. The largest absolute Gasteiger partial charge is 0.480 e. The Labute approximate surface area is 171 Å². The van der Waals surface area contributed by atoms with E-state index in [-0.39, 0.29) is 17.9 Å². The van der Waals surface area contributed by atoms with Gasteiger partial charge in [0.1, 0.15) is 12.1 Å². The molecule has 2 aliphatic heterocycles. The molecule has 2 saturated heterocycles. The summed E-state index contributed by atoms with van der Waals surface area (Å²) < 4.78 is 0. The number of likely N-dealkylation sites (tertiary alicyclic amines) is 2. The van der Waals surface area contributed by atoms with Crippen molar-refractivity contribution in [1.29, 1.82) is 0 Å². The highest BCUT2D eigenvalue weighted by atomic mass is 16.4. The maximum absolute atomic E-state index is 13.3. The number of hydrogen-bond acceptors (Lipinski definition) is 3. The molecule has 1 aromatic carbocycles. The van der Waals surface area contributed by atoms with Crippen LogP contribution in [-0.4, -0.2) is 57.4 Å². The van der Waals surface area contributed by atoms with Gasteiger partial charge in [-0.3, -0.25) is 9.59 Å². The van der Waals surface area contributed by atoms with Gasteiger partial charge in [0.2, 0.25) is 11.8 Å². The Morgan fingerprint density at radius 2 is 1.79 bits per heavy atom. The molecule has 1 aliphatic carbocycles. The lowest BCUT2D eigenvalue weighted by molar-refractivity contribution is -0.152. The zero-order valence-corrected chi connectivity index (χ0v) is 16.8. The first-order chi connectivity index (χ1) is 14.1. The summed E-state index contributed by atoms with van der Waals surface area (Å²) in [6.07, 6.45) is 7.08. The first kappa shape index (κ1) is 19.9. The molecule has 0 aromatic heterocycles. The van der Waals surface area contributed by atoms with Crippen molar-refractivity contribution in [3.8, 4) is 0 Å². The number of carbonyl (C=O) groups excluding carboxylic acids is 2. The Hall–Kier alpha value is -2.37. The Morgan fingerprint density at radius 1 is 1.00 bits per heavy atom. The molecular formula is C23H30N2O4. The van der Waals surface area contributed by atoms with Crippen LogP contribution in [0.15, 0.2) is 30.3 Å². The normalized spacial score (nSPS) is 28.6. The van der Waals surface area contributed by atoms with Gasteiger partial charge >= 0.3 is 5.97 Å². The quantitative estimate of drug-likeness (QED) is 0.799. The summed E-state index contributed by atoms with van der Waals surface area (Å²) in [6, 6.07) is 9.07. The van der Waals surface area contributed by atoms with E-state index >= 15 is 0 Å². The molecule has 6 heteroatoms. The third-order valence-corrected chi connectivity index (χ3v) is 6.93. The molecule has 1 saturated carbocycles. The van der Waals surface area contributed by atoms with Crippen molar-refractivity contribution in [3.63, 3.8) is 0 Å². The molecule has 29 heavy (non-hydrogen) atoms. The fourth-order valence-electron chi connectivity index (χ4n) is 5.56. The number of aryl methyl sites for hydroxylation is 1. The summed E-state index contributed by atoms with van der Waals surface area (Å²) in [6.45, 7) is 0.484. The number of aliphatic carboxylic acids is 1. The van der Waals surface area contributed by atoms with Crippen LogP contribution in [0.2, 0.25) is 0 Å². The minimum atomic E-state index is -0.935. The van der Waals surface area contributed by atoms with Gasteiger partial charge < -0.3 is 14.9 Å². The van der Waals surface area contributed by atoms with Crippen LogP contribution in [-0.2, 0) is 20.8 Å². The summed E-state index contributed by atoms with van der Waals surface area (Å²) in [7, 11) is 0. The summed E-state index contributed by atoms with van der Waals surface area (Å²) in [5.41, 5.74) is 1.22. The van der Waals surface area contributed by atoms with Gasteiger partial charge in [0.05, 0.1) is 0 Å². The fraction of sp³-hybridized carbons (Fsp3) is 0.609. The lowest BCUT2D eigenvalue weighted by Crippen LogP contribution is -2.52. The summed E-state index contributed by atoms with van der Waals surface area (Å²) in [4.78, 5) is 41.3. The molecule has 0 radical (unpaired) electrons. The van der Waals surface area contributed by atoms with Crippen molar-refractivity contribution < 1.29 is 19.5 Å². The van der Waals surface area contributed by atoms with E-state index in [0.29, 0.717) is 38.1 Å². The number of nitrogens with zero attached hydrogens (tertiary/aromatic N) is 2. The fourth-order valence-corrected chi connectivity index (χ4v) is 5.56. The molecule has 0 bridgehead atoms. The molecule has 1 aromatic rings. The van der Waals surface area contributed by atoms with Crippen molar-refractivity contribution in [1.82, 2.24) is 9.80 Å². The zero-order chi connectivity index (χ0) is 20.4. The second-order valence-electron chi connectivity index (χ2n) is 8.68. The van der Waals surface area contributed by atoms with E-state index in [1.165, 1.54) is 10.5 Å². The van der Waals surface area contributed by atoms with E-state index in [1.807, 2.05) is 23.1 Å². The number of fused-ring (bicyclic) bond motifs is 1. The number of carboxylic acid groups (broad SMARTS) is 1. The van der Waals surface area contributed by atoms with E-state index in [2.05, 4.69) is 12.1 Å². The molecule has 0 spiro atoms. The highest BCUT2D eigenvalue weighted by molar-refractivity contribution is 5.91. The number of carboxylic acids is 1. The van der Waals surface area contributed by atoms with E-state index in [9.17, 15) is 19.5 Å². The number of amides is 2. The van der Waals surface area contributed by atoms with E-state index < -0.39 is 18.1 Å². The number of carbonyl (C=O) groups is 3. The molecule has 2 heterocycles. The third kappa shape index (κ3) is 4.02. The molecule has 156 valence electrons. The van der Waals surface area contributed by atoms with Crippen molar-refractivity contribution in [2.75, 3.05) is 6.54 Å². The zero-order valence-electron chi connectivity index (χ0n) is 16.8. The van der Waals surface area contributed by atoms with Crippen molar-refractivity contribution in [3.05, 3.63) is 35.9 Å². The molecule has 0 unspecified atom stereocenters. The van der Waals surface area contributed by atoms with Gasteiger partial charge in [-0.2, -0.15) is 0 Å². The lowest BCUT2D eigenvalue weighted by atomic mass is 10.0. The molecule has 4 atom stereocenters. The minimum Gasteiger partial charge on any atom is -0.480 e. The molecule has 3 fully saturated rings. The predicted octanol–water partition coefficient (Wildman–Crippen LogP) is 2.85. The second kappa shape index (κ2) is 8.56. The smallest absolute Gasteiger partial charge is 0.326 e. The predicted molar refractivity (Wildman–Crippen MR) is 108 cm³/mol. The van der Waals surface area contributed by atoms with E-state index in [4.69, 9.17) is 0 Å². The van der Waals surface area contributed by atoms with Crippen LogP contribution in [0.4, 0.5) is 0 Å². The van der Waals surface area contributed by atoms with Gasteiger partial charge in [-0.05, 0) is 56.4 Å². The van der Waals surface area contributed by atoms with Crippen LogP contribution in [0.5, 0.6) is 0 Å². The summed E-state index contributed by atoms with van der Waals surface area (Å²) in [5, 5.41) is 9.46. The van der Waals surface area contributed by atoms with Crippen LogP contribution in [0.25, 0.3) is 0 Å². The minimum absolute atomic E-state index is 0.0553. The van der Waals surface area contributed by atoms with Gasteiger partial charge in [-0.15, -0.1) is 0 Å². The Balaban J connectivity index is 1.44. The molecule has 6 nitrogen and oxygen atoms in total. The SMILES string of the molecule is O=C(O)[C@@H]1CCCN1C(=O)[C@@H]1C[C@@H]2CCC[C@@H]2N1C(=O)CCCc1ccccc1. The van der Waals surface area contributed by atoms with Crippen LogP contribution in [0, 0.1) is 5.92 Å². The average Bonchev–Trinajstić information content (AvgIpc) is 3.43. The van der Waals surface area contributed by atoms with Gasteiger partial charge in [0.15, 0.2) is 0 Å². The van der Waals surface area contributed by atoms with E-state index in [0.717, 1.165) is 32.1 Å². The lowest BCUT2D eigenvalue weighted by Gasteiger charge is -2.33.